The van der Waals surface area contributed by atoms with Gasteiger partial charge in [0.05, 0.1) is 16.5 Å². The van der Waals surface area contributed by atoms with Crippen molar-refractivity contribution in [1.82, 2.24) is 10.2 Å². The number of ether oxygens (including phenoxy) is 1. The highest BCUT2D eigenvalue weighted by molar-refractivity contribution is 9.11. The van der Waals surface area contributed by atoms with Gasteiger partial charge in [-0.1, -0.05) is 6.92 Å². The molecule has 0 bridgehead atoms. The van der Waals surface area contributed by atoms with Crippen LogP contribution < -0.4 is 5.32 Å². The molecule has 2 atom stereocenters. The molecule has 1 aromatic rings. The number of rotatable bonds is 4. The second kappa shape index (κ2) is 6.88. The predicted molar refractivity (Wildman–Crippen MR) is 87.6 cm³/mol. The van der Waals surface area contributed by atoms with Crippen LogP contribution >= 0.6 is 27.3 Å². The SMILES string of the molecule is CCN1CCOC(CNC2CCCc3sc(Br)cc32)C1. The van der Waals surface area contributed by atoms with E-state index >= 15 is 0 Å². The highest BCUT2D eigenvalue weighted by Gasteiger charge is 2.25. The first-order valence-corrected chi connectivity index (χ1v) is 9.22. The second-order valence-electron chi connectivity index (χ2n) is 5.67. The van der Waals surface area contributed by atoms with Gasteiger partial charge in [0.15, 0.2) is 0 Å². The smallest absolute Gasteiger partial charge is 0.0826 e. The highest BCUT2D eigenvalue weighted by Crippen LogP contribution is 2.37. The number of morpholine rings is 1. The molecule has 1 saturated heterocycles. The van der Waals surface area contributed by atoms with Gasteiger partial charge in [-0.05, 0) is 53.4 Å². The summed E-state index contributed by atoms with van der Waals surface area (Å²) in [5.74, 6) is 0. The van der Waals surface area contributed by atoms with Crippen molar-refractivity contribution in [3.8, 4) is 0 Å². The molecule has 2 heterocycles. The average Bonchev–Trinajstić information content (AvgIpc) is 2.86. The van der Waals surface area contributed by atoms with Crippen LogP contribution in [0.5, 0.6) is 0 Å². The summed E-state index contributed by atoms with van der Waals surface area (Å²) in [6.07, 6.45) is 4.13. The van der Waals surface area contributed by atoms with Crippen LogP contribution in [0.1, 0.15) is 36.2 Å². The quantitative estimate of drug-likeness (QED) is 0.894. The number of nitrogens with zero attached hydrogens (tertiary/aromatic N) is 1. The van der Waals surface area contributed by atoms with Crippen molar-refractivity contribution in [2.45, 2.75) is 38.3 Å². The van der Waals surface area contributed by atoms with Crippen LogP contribution in [-0.2, 0) is 11.2 Å². The Morgan fingerprint density at radius 1 is 1.55 bits per heavy atom. The molecule has 0 aromatic carbocycles. The molecule has 1 aromatic heterocycles. The van der Waals surface area contributed by atoms with Gasteiger partial charge in [-0.15, -0.1) is 11.3 Å². The van der Waals surface area contributed by atoms with E-state index in [2.05, 4.69) is 39.1 Å². The number of halogens is 1. The Balaban J connectivity index is 1.56. The number of aryl methyl sites for hydroxylation is 1. The number of hydrogen-bond donors (Lipinski definition) is 1. The number of thiophene rings is 1. The number of likely N-dealkylation sites (N-methyl/N-ethyl adjacent to an activating group) is 1. The van der Waals surface area contributed by atoms with E-state index in [1.54, 1.807) is 4.88 Å². The molecule has 3 nitrogen and oxygen atoms in total. The second-order valence-corrected chi connectivity index (χ2v) is 8.18. The Bertz CT molecular complexity index is 451. The van der Waals surface area contributed by atoms with Crippen molar-refractivity contribution < 1.29 is 4.74 Å². The Kier molecular flexibility index (Phi) is 5.15. The zero-order valence-electron chi connectivity index (χ0n) is 12.0. The van der Waals surface area contributed by atoms with Gasteiger partial charge in [0, 0.05) is 30.6 Å². The van der Waals surface area contributed by atoms with Crippen molar-refractivity contribution in [2.75, 3.05) is 32.8 Å². The summed E-state index contributed by atoms with van der Waals surface area (Å²) in [4.78, 5) is 4.03. The van der Waals surface area contributed by atoms with E-state index in [9.17, 15) is 0 Å². The van der Waals surface area contributed by atoms with Crippen LogP contribution in [0.25, 0.3) is 0 Å². The first-order chi connectivity index (χ1) is 9.76. The lowest BCUT2D eigenvalue weighted by molar-refractivity contribution is -0.0265. The van der Waals surface area contributed by atoms with Crippen molar-refractivity contribution in [3.63, 3.8) is 0 Å². The maximum absolute atomic E-state index is 5.88. The average molecular weight is 359 g/mol. The van der Waals surface area contributed by atoms with Gasteiger partial charge in [-0.3, -0.25) is 4.90 Å². The van der Waals surface area contributed by atoms with Crippen molar-refractivity contribution in [2.24, 2.45) is 0 Å². The largest absolute Gasteiger partial charge is 0.374 e. The summed E-state index contributed by atoms with van der Waals surface area (Å²) in [6.45, 7) is 7.35. The molecular formula is C15H23BrN2OS. The normalized spacial score (nSPS) is 27.5. The lowest BCUT2D eigenvalue weighted by Gasteiger charge is -2.33. The number of nitrogens with one attached hydrogen (secondary N) is 1. The summed E-state index contributed by atoms with van der Waals surface area (Å²) >= 11 is 5.52. The topological polar surface area (TPSA) is 24.5 Å². The number of hydrogen-bond acceptors (Lipinski definition) is 4. The molecule has 112 valence electrons. The lowest BCUT2D eigenvalue weighted by Crippen LogP contribution is -2.47. The maximum Gasteiger partial charge on any atom is 0.0826 e. The van der Waals surface area contributed by atoms with Gasteiger partial charge >= 0.3 is 0 Å². The van der Waals surface area contributed by atoms with Crippen LogP contribution in [0.3, 0.4) is 0 Å². The molecule has 2 aliphatic rings. The molecule has 1 aliphatic heterocycles. The molecule has 2 unspecified atom stereocenters. The summed E-state index contributed by atoms with van der Waals surface area (Å²) in [5.41, 5.74) is 1.51. The van der Waals surface area contributed by atoms with Crippen LogP contribution in [0.2, 0.25) is 0 Å². The van der Waals surface area contributed by atoms with Crippen molar-refractivity contribution in [1.29, 1.82) is 0 Å². The molecule has 0 spiro atoms. The molecule has 1 fully saturated rings. The van der Waals surface area contributed by atoms with Gasteiger partial charge in [0.1, 0.15) is 0 Å². The van der Waals surface area contributed by atoms with E-state index in [0.717, 1.165) is 32.8 Å². The van der Waals surface area contributed by atoms with E-state index in [-0.39, 0.29) is 0 Å². The summed E-state index contributed by atoms with van der Waals surface area (Å²) in [5, 5.41) is 3.74. The van der Waals surface area contributed by atoms with Gasteiger partial charge in [-0.2, -0.15) is 0 Å². The molecule has 0 radical (unpaired) electrons. The molecule has 1 N–H and O–H groups in total. The molecule has 20 heavy (non-hydrogen) atoms. The highest BCUT2D eigenvalue weighted by atomic mass is 79.9. The Morgan fingerprint density at radius 2 is 2.45 bits per heavy atom. The number of fused-ring (bicyclic) bond motifs is 1. The van der Waals surface area contributed by atoms with Gasteiger partial charge < -0.3 is 10.1 Å². The minimum absolute atomic E-state index is 0.344. The molecular weight excluding hydrogens is 336 g/mol. The van der Waals surface area contributed by atoms with Crippen molar-refractivity contribution in [3.05, 3.63) is 20.3 Å². The minimum Gasteiger partial charge on any atom is -0.374 e. The molecule has 5 heteroatoms. The minimum atomic E-state index is 0.344. The Labute approximate surface area is 133 Å². The van der Waals surface area contributed by atoms with E-state index in [0.29, 0.717) is 12.1 Å². The van der Waals surface area contributed by atoms with Crippen molar-refractivity contribution >= 4 is 27.3 Å². The maximum atomic E-state index is 5.88. The van der Waals surface area contributed by atoms with E-state index in [4.69, 9.17) is 4.74 Å². The van der Waals surface area contributed by atoms with Crippen LogP contribution in [0.4, 0.5) is 0 Å². The third-order valence-electron chi connectivity index (χ3n) is 4.35. The Hall–Kier alpha value is 0.0600. The zero-order chi connectivity index (χ0) is 13.9. The Morgan fingerprint density at radius 3 is 3.30 bits per heavy atom. The first-order valence-electron chi connectivity index (χ1n) is 7.61. The third kappa shape index (κ3) is 3.45. The zero-order valence-corrected chi connectivity index (χ0v) is 14.4. The van der Waals surface area contributed by atoms with Gasteiger partial charge in [0.2, 0.25) is 0 Å². The lowest BCUT2D eigenvalue weighted by atomic mass is 9.94. The molecule has 3 rings (SSSR count). The van der Waals surface area contributed by atoms with Crippen LogP contribution in [-0.4, -0.2) is 43.8 Å². The fourth-order valence-corrected chi connectivity index (χ4v) is 5.02. The van der Waals surface area contributed by atoms with Gasteiger partial charge in [0.25, 0.3) is 0 Å². The third-order valence-corrected chi connectivity index (χ3v) is 6.06. The predicted octanol–water partition coefficient (Wildman–Crippen LogP) is 3.20. The van der Waals surface area contributed by atoms with E-state index in [1.165, 1.54) is 28.6 Å². The van der Waals surface area contributed by atoms with Crippen LogP contribution in [0, 0.1) is 0 Å². The fraction of sp³-hybridized carbons (Fsp3) is 0.733. The standard InChI is InChI=1S/C15H23BrN2OS/c1-2-18-6-7-19-11(10-18)9-17-13-4-3-5-14-12(13)8-15(16)20-14/h8,11,13,17H,2-7,9-10H2,1H3. The van der Waals surface area contributed by atoms with E-state index < -0.39 is 0 Å². The summed E-state index contributed by atoms with van der Waals surface area (Å²) in [6, 6.07) is 2.82. The first kappa shape index (κ1) is 15.0. The molecule has 0 saturated carbocycles. The van der Waals surface area contributed by atoms with E-state index in [1.807, 2.05) is 11.3 Å². The van der Waals surface area contributed by atoms with Crippen LogP contribution in [0.15, 0.2) is 9.85 Å². The molecule has 1 aliphatic carbocycles. The summed E-state index contributed by atoms with van der Waals surface area (Å²) < 4.78 is 7.15. The monoisotopic (exact) mass is 358 g/mol. The summed E-state index contributed by atoms with van der Waals surface area (Å²) in [7, 11) is 0. The fourth-order valence-electron chi connectivity index (χ4n) is 3.20. The molecule has 0 amide bonds. The van der Waals surface area contributed by atoms with Gasteiger partial charge in [-0.25, -0.2) is 0 Å².